The molecular weight excluding hydrogens is 311 g/mol. The molecule has 0 aliphatic carbocycles. The number of rotatable bonds is 6. The van der Waals surface area contributed by atoms with E-state index >= 15 is 0 Å². The van der Waals surface area contributed by atoms with Gasteiger partial charge in [0, 0.05) is 29.0 Å². The lowest BCUT2D eigenvalue weighted by Crippen LogP contribution is -2.23. The van der Waals surface area contributed by atoms with E-state index in [4.69, 9.17) is 28.9 Å². The maximum absolute atomic E-state index is 6.20. The fourth-order valence-electron chi connectivity index (χ4n) is 2.02. The van der Waals surface area contributed by atoms with E-state index in [1.54, 1.807) is 11.3 Å². The van der Waals surface area contributed by atoms with Crippen LogP contribution >= 0.6 is 34.5 Å². The molecule has 0 fully saturated rings. The molecule has 0 radical (unpaired) electrons. The summed E-state index contributed by atoms with van der Waals surface area (Å²) in [5.41, 5.74) is 7.33. The Morgan fingerprint density at radius 2 is 1.85 bits per heavy atom. The predicted molar refractivity (Wildman–Crippen MR) is 88.7 cm³/mol. The lowest BCUT2D eigenvalue weighted by Gasteiger charge is -2.19. The van der Waals surface area contributed by atoms with E-state index in [0.717, 1.165) is 34.4 Å². The number of nitrogens with two attached hydrogens (primary N) is 1. The molecule has 108 valence electrons. The lowest BCUT2D eigenvalue weighted by molar-refractivity contribution is 0.314. The molecule has 1 unspecified atom stereocenters. The van der Waals surface area contributed by atoms with Crippen molar-refractivity contribution in [1.29, 1.82) is 0 Å². The predicted octanol–water partition coefficient (Wildman–Crippen LogP) is 4.58. The zero-order valence-corrected chi connectivity index (χ0v) is 13.7. The largest absolute Gasteiger partial charge is 0.324 e. The van der Waals surface area contributed by atoms with E-state index in [-0.39, 0.29) is 6.04 Å². The minimum absolute atomic E-state index is 0.0432. The van der Waals surface area contributed by atoms with E-state index in [9.17, 15) is 0 Å². The summed E-state index contributed by atoms with van der Waals surface area (Å²) in [7, 11) is 2.10. The molecule has 2 aromatic rings. The van der Waals surface area contributed by atoms with Gasteiger partial charge in [0.05, 0.1) is 4.34 Å². The van der Waals surface area contributed by atoms with Crippen LogP contribution in [0, 0.1) is 0 Å². The van der Waals surface area contributed by atoms with Crippen molar-refractivity contribution in [2.45, 2.75) is 19.0 Å². The van der Waals surface area contributed by atoms with Gasteiger partial charge < -0.3 is 10.6 Å². The Balaban J connectivity index is 1.80. The van der Waals surface area contributed by atoms with Crippen molar-refractivity contribution in [2.24, 2.45) is 5.73 Å². The first-order valence-corrected chi connectivity index (χ1v) is 8.05. The van der Waals surface area contributed by atoms with Crippen LogP contribution in [0.2, 0.25) is 9.36 Å². The number of hydrogen-bond acceptors (Lipinski definition) is 3. The average molecular weight is 329 g/mol. The number of halogens is 2. The number of nitrogens with zero attached hydrogens (tertiary/aromatic N) is 1. The lowest BCUT2D eigenvalue weighted by atomic mass is 10.0. The second kappa shape index (κ2) is 7.43. The number of thiophene rings is 1. The highest BCUT2D eigenvalue weighted by Crippen LogP contribution is 2.23. The van der Waals surface area contributed by atoms with Crippen molar-refractivity contribution in [3.63, 3.8) is 0 Å². The zero-order valence-electron chi connectivity index (χ0n) is 11.4. The van der Waals surface area contributed by atoms with Crippen LogP contribution in [0.1, 0.15) is 22.9 Å². The van der Waals surface area contributed by atoms with Gasteiger partial charge in [0.15, 0.2) is 0 Å². The molecule has 2 rings (SSSR count). The van der Waals surface area contributed by atoms with Gasteiger partial charge in [0.25, 0.3) is 0 Å². The topological polar surface area (TPSA) is 29.3 Å². The SMILES string of the molecule is CN(CCC(N)c1ccc(Cl)cc1)Cc1ccc(Cl)s1. The van der Waals surface area contributed by atoms with Crippen molar-refractivity contribution >= 4 is 34.5 Å². The molecular formula is C15H18Cl2N2S. The minimum atomic E-state index is 0.0432. The smallest absolute Gasteiger partial charge is 0.0931 e. The maximum atomic E-state index is 6.20. The fraction of sp³-hybridized carbons (Fsp3) is 0.333. The highest BCUT2D eigenvalue weighted by Gasteiger charge is 2.09. The summed E-state index contributed by atoms with van der Waals surface area (Å²) in [6.07, 6.45) is 0.914. The van der Waals surface area contributed by atoms with Gasteiger partial charge in [0.1, 0.15) is 0 Å². The first kappa shape index (κ1) is 15.8. The Morgan fingerprint density at radius 3 is 2.45 bits per heavy atom. The van der Waals surface area contributed by atoms with Crippen LogP contribution in [0.5, 0.6) is 0 Å². The summed E-state index contributed by atoms with van der Waals surface area (Å²) in [4.78, 5) is 3.54. The van der Waals surface area contributed by atoms with Gasteiger partial charge in [-0.25, -0.2) is 0 Å². The second-order valence-corrected chi connectivity index (χ2v) is 7.13. The summed E-state index contributed by atoms with van der Waals surface area (Å²) in [5.74, 6) is 0. The molecule has 1 aromatic carbocycles. The Hall–Kier alpha value is -0.580. The van der Waals surface area contributed by atoms with Gasteiger partial charge in [-0.3, -0.25) is 0 Å². The fourth-order valence-corrected chi connectivity index (χ4v) is 3.31. The van der Waals surface area contributed by atoms with Gasteiger partial charge in [-0.15, -0.1) is 11.3 Å². The summed E-state index contributed by atoms with van der Waals surface area (Å²) in [5, 5.41) is 0.743. The van der Waals surface area contributed by atoms with E-state index in [2.05, 4.69) is 18.0 Å². The van der Waals surface area contributed by atoms with Crippen molar-refractivity contribution in [3.05, 3.63) is 56.2 Å². The van der Waals surface area contributed by atoms with Crippen LogP contribution in [-0.2, 0) is 6.54 Å². The molecule has 1 heterocycles. The molecule has 5 heteroatoms. The quantitative estimate of drug-likeness (QED) is 0.841. The molecule has 0 bridgehead atoms. The molecule has 0 aliphatic rings. The third-order valence-electron chi connectivity index (χ3n) is 3.17. The zero-order chi connectivity index (χ0) is 14.5. The van der Waals surface area contributed by atoms with Crippen LogP contribution < -0.4 is 5.73 Å². The monoisotopic (exact) mass is 328 g/mol. The molecule has 0 saturated carbocycles. The maximum Gasteiger partial charge on any atom is 0.0931 e. The molecule has 2 N–H and O–H groups in total. The highest BCUT2D eigenvalue weighted by molar-refractivity contribution is 7.16. The van der Waals surface area contributed by atoms with E-state index in [1.807, 2.05) is 30.3 Å². The molecule has 1 atom stereocenters. The van der Waals surface area contributed by atoms with Gasteiger partial charge in [-0.2, -0.15) is 0 Å². The van der Waals surface area contributed by atoms with Crippen molar-refractivity contribution in [1.82, 2.24) is 4.90 Å². The third kappa shape index (κ3) is 4.76. The van der Waals surface area contributed by atoms with Crippen LogP contribution in [0.3, 0.4) is 0 Å². The van der Waals surface area contributed by atoms with E-state index in [1.165, 1.54) is 4.88 Å². The number of hydrogen-bond donors (Lipinski definition) is 1. The summed E-state index contributed by atoms with van der Waals surface area (Å²) < 4.78 is 0.839. The highest BCUT2D eigenvalue weighted by atomic mass is 35.5. The van der Waals surface area contributed by atoms with E-state index in [0.29, 0.717) is 0 Å². The normalized spacial score (nSPS) is 12.8. The van der Waals surface area contributed by atoms with Crippen molar-refractivity contribution in [3.8, 4) is 0 Å². The molecule has 0 spiro atoms. The molecule has 0 aliphatic heterocycles. The number of benzene rings is 1. The second-order valence-electron chi connectivity index (χ2n) is 4.89. The minimum Gasteiger partial charge on any atom is -0.324 e. The molecule has 0 amide bonds. The molecule has 2 nitrogen and oxygen atoms in total. The Labute approximate surface area is 134 Å². The average Bonchev–Trinajstić information content (AvgIpc) is 2.82. The molecule has 1 aromatic heterocycles. The Kier molecular flexibility index (Phi) is 5.87. The molecule has 0 saturated heterocycles. The van der Waals surface area contributed by atoms with Gasteiger partial charge in [-0.1, -0.05) is 35.3 Å². The third-order valence-corrected chi connectivity index (χ3v) is 4.64. The van der Waals surface area contributed by atoms with Crippen molar-refractivity contribution in [2.75, 3.05) is 13.6 Å². The molecule has 20 heavy (non-hydrogen) atoms. The Bertz CT molecular complexity index is 539. The summed E-state index contributed by atoms with van der Waals surface area (Å²) in [6.45, 7) is 1.85. The summed E-state index contributed by atoms with van der Waals surface area (Å²) in [6, 6.07) is 11.8. The Morgan fingerprint density at radius 1 is 1.15 bits per heavy atom. The van der Waals surface area contributed by atoms with Crippen LogP contribution in [0.15, 0.2) is 36.4 Å². The van der Waals surface area contributed by atoms with Crippen LogP contribution in [-0.4, -0.2) is 18.5 Å². The first-order valence-electron chi connectivity index (χ1n) is 6.48. The summed E-state index contributed by atoms with van der Waals surface area (Å²) >= 11 is 13.4. The van der Waals surface area contributed by atoms with Crippen LogP contribution in [0.25, 0.3) is 0 Å². The standard InChI is InChI=1S/C15H18Cl2N2S/c1-19(10-13-6-7-15(17)20-13)9-8-14(18)11-2-4-12(16)5-3-11/h2-7,14H,8-10,18H2,1H3. The van der Waals surface area contributed by atoms with Gasteiger partial charge in [0.2, 0.25) is 0 Å². The van der Waals surface area contributed by atoms with Gasteiger partial charge in [-0.05, 0) is 43.3 Å². The van der Waals surface area contributed by atoms with E-state index < -0.39 is 0 Å². The first-order chi connectivity index (χ1) is 9.54. The van der Waals surface area contributed by atoms with Gasteiger partial charge >= 0.3 is 0 Å². The van der Waals surface area contributed by atoms with Crippen molar-refractivity contribution < 1.29 is 0 Å². The van der Waals surface area contributed by atoms with Crippen LogP contribution in [0.4, 0.5) is 0 Å².